The van der Waals surface area contributed by atoms with Gasteiger partial charge in [0.05, 0.1) is 6.54 Å². The summed E-state index contributed by atoms with van der Waals surface area (Å²) in [6.45, 7) is 0.470. The minimum Gasteiger partial charge on any atom is -0.374 e. The van der Waals surface area contributed by atoms with Crippen molar-refractivity contribution < 1.29 is 8.42 Å². The summed E-state index contributed by atoms with van der Waals surface area (Å²) in [6.07, 6.45) is 0. The monoisotopic (exact) mass is 335 g/mol. The molecule has 0 radical (unpaired) electrons. The molecule has 1 aliphatic heterocycles. The number of nitrogens with one attached hydrogen (secondary N) is 2. The van der Waals surface area contributed by atoms with Crippen LogP contribution in [0.3, 0.4) is 0 Å². The van der Waals surface area contributed by atoms with E-state index >= 15 is 0 Å². The Morgan fingerprint density at radius 1 is 1.35 bits per heavy atom. The Labute approximate surface area is 124 Å². The molecule has 1 aromatic rings. The Morgan fingerprint density at radius 2 is 2.10 bits per heavy atom. The van der Waals surface area contributed by atoms with Crippen molar-refractivity contribution in [2.45, 2.75) is 5.75 Å². The number of hydrogen-bond acceptors (Lipinski definition) is 9. The normalized spacial score (nSPS) is 21.1. The van der Waals surface area contributed by atoms with Crippen LogP contribution in [0.4, 0.5) is 5.13 Å². The lowest BCUT2D eigenvalue weighted by atomic mass is 10.5. The zero-order valence-corrected chi connectivity index (χ0v) is 13.0. The molecule has 0 aliphatic carbocycles. The standard InChI is InChI=1S/C8H13N7O2S3/c1-10-6-7(15-20(16,17)14-6)11-2-3-18-4-5-12-13-8(9)19-5/h2-4H2,1H3,(H2,9,13)(H,10,14)(H,11,15). The number of aliphatic imine (C=N–C) groups is 2. The fourth-order valence-corrected chi connectivity index (χ4v) is 3.74. The first-order chi connectivity index (χ1) is 9.50. The lowest BCUT2D eigenvalue weighted by Crippen LogP contribution is -2.24. The molecule has 2 heterocycles. The van der Waals surface area contributed by atoms with E-state index in [1.807, 2.05) is 0 Å². The zero-order chi connectivity index (χ0) is 14.6. The smallest absolute Gasteiger partial charge is 0.324 e. The number of amidine groups is 2. The largest absolute Gasteiger partial charge is 0.374 e. The van der Waals surface area contributed by atoms with Crippen LogP contribution < -0.4 is 15.2 Å². The molecule has 4 N–H and O–H groups in total. The fraction of sp³-hybridized carbons (Fsp3) is 0.500. The summed E-state index contributed by atoms with van der Waals surface area (Å²) in [5.74, 6) is 1.90. The van der Waals surface area contributed by atoms with Crippen molar-refractivity contribution in [3.63, 3.8) is 0 Å². The summed E-state index contributed by atoms with van der Waals surface area (Å²) >= 11 is 2.97. The van der Waals surface area contributed by atoms with Gasteiger partial charge in [0.1, 0.15) is 5.01 Å². The molecule has 1 aromatic heterocycles. The molecule has 12 heteroatoms. The molecule has 1 aliphatic rings. The second-order valence-electron chi connectivity index (χ2n) is 3.60. The first-order valence-corrected chi connectivity index (χ1v) is 8.93. The van der Waals surface area contributed by atoms with E-state index in [2.05, 4.69) is 29.6 Å². The number of thioether (sulfide) groups is 1. The molecule has 0 amide bonds. The third-order valence-electron chi connectivity index (χ3n) is 2.12. The van der Waals surface area contributed by atoms with Crippen molar-refractivity contribution in [2.24, 2.45) is 9.98 Å². The summed E-state index contributed by atoms with van der Waals surface area (Å²) in [4.78, 5) is 7.97. The minimum atomic E-state index is -3.54. The maximum absolute atomic E-state index is 11.3. The van der Waals surface area contributed by atoms with Crippen LogP contribution in [0.1, 0.15) is 5.01 Å². The Kier molecular flexibility index (Phi) is 4.77. The van der Waals surface area contributed by atoms with Crippen LogP contribution >= 0.6 is 23.1 Å². The van der Waals surface area contributed by atoms with Gasteiger partial charge in [0.15, 0.2) is 11.7 Å². The maximum atomic E-state index is 11.3. The van der Waals surface area contributed by atoms with Gasteiger partial charge >= 0.3 is 10.2 Å². The molecule has 110 valence electrons. The van der Waals surface area contributed by atoms with E-state index in [0.717, 1.165) is 10.8 Å². The maximum Gasteiger partial charge on any atom is 0.324 e. The SMILES string of the molecule is CN=C1NS(=O)(=O)NC1=NCCSCc1nnc(N)s1. The highest BCUT2D eigenvalue weighted by atomic mass is 32.2. The number of nitrogens with zero attached hydrogens (tertiary/aromatic N) is 4. The highest BCUT2D eigenvalue weighted by Gasteiger charge is 2.27. The van der Waals surface area contributed by atoms with Crippen LogP contribution in [0.25, 0.3) is 0 Å². The topological polar surface area (TPSA) is 135 Å². The third kappa shape index (κ3) is 4.05. The van der Waals surface area contributed by atoms with E-state index in [4.69, 9.17) is 5.73 Å². The third-order valence-corrected chi connectivity index (χ3v) is 4.93. The van der Waals surface area contributed by atoms with Gasteiger partial charge < -0.3 is 5.73 Å². The highest BCUT2D eigenvalue weighted by molar-refractivity contribution is 7.98. The van der Waals surface area contributed by atoms with E-state index < -0.39 is 10.2 Å². The Hall–Kier alpha value is -1.40. The number of hydrogen-bond donors (Lipinski definition) is 3. The summed E-state index contributed by atoms with van der Waals surface area (Å²) in [7, 11) is -2.04. The number of nitrogen functional groups attached to an aromatic ring is 1. The molecular formula is C8H13N7O2S3. The Balaban J connectivity index is 1.79. The first kappa shape index (κ1) is 15.0. The van der Waals surface area contributed by atoms with Crippen molar-refractivity contribution in [3.05, 3.63) is 5.01 Å². The average molecular weight is 335 g/mol. The van der Waals surface area contributed by atoms with Gasteiger partial charge in [-0.15, -0.1) is 10.2 Å². The minimum absolute atomic E-state index is 0.229. The molecule has 2 rings (SSSR count). The second kappa shape index (κ2) is 6.37. The molecule has 1 fully saturated rings. The molecule has 9 nitrogen and oxygen atoms in total. The molecule has 0 bridgehead atoms. The van der Waals surface area contributed by atoms with E-state index in [1.54, 1.807) is 11.8 Å². The number of anilines is 1. The Morgan fingerprint density at radius 3 is 2.75 bits per heavy atom. The molecule has 20 heavy (non-hydrogen) atoms. The van der Waals surface area contributed by atoms with Gasteiger partial charge in [-0.05, 0) is 0 Å². The van der Waals surface area contributed by atoms with Gasteiger partial charge in [0.2, 0.25) is 5.13 Å². The highest BCUT2D eigenvalue weighted by Crippen LogP contribution is 2.17. The Bertz CT molecular complexity index is 636. The van der Waals surface area contributed by atoms with Crippen molar-refractivity contribution in [3.8, 4) is 0 Å². The first-order valence-electron chi connectivity index (χ1n) is 5.48. The molecular weight excluding hydrogens is 322 g/mol. The molecule has 0 aromatic carbocycles. The molecule has 0 spiro atoms. The number of aromatic nitrogens is 2. The predicted octanol–water partition coefficient (Wildman–Crippen LogP) is -0.782. The quantitative estimate of drug-likeness (QED) is 0.604. The van der Waals surface area contributed by atoms with Gasteiger partial charge in [-0.1, -0.05) is 11.3 Å². The van der Waals surface area contributed by atoms with Gasteiger partial charge in [-0.25, -0.2) is 9.44 Å². The van der Waals surface area contributed by atoms with Crippen molar-refractivity contribution in [1.82, 2.24) is 19.6 Å². The summed E-state index contributed by atoms with van der Waals surface area (Å²) in [5, 5.41) is 8.94. The van der Waals surface area contributed by atoms with Gasteiger partial charge in [0, 0.05) is 18.6 Å². The van der Waals surface area contributed by atoms with E-state index in [-0.39, 0.29) is 11.7 Å². The zero-order valence-electron chi connectivity index (χ0n) is 10.5. The van der Waals surface area contributed by atoms with Gasteiger partial charge in [-0.3, -0.25) is 9.98 Å². The van der Waals surface area contributed by atoms with Crippen LogP contribution in [0.15, 0.2) is 9.98 Å². The van der Waals surface area contributed by atoms with Crippen LogP contribution in [0.2, 0.25) is 0 Å². The van der Waals surface area contributed by atoms with Crippen LogP contribution in [0.5, 0.6) is 0 Å². The van der Waals surface area contributed by atoms with E-state index in [0.29, 0.717) is 17.4 Å². The lowest BCUT2D eigenvalue weighted by molar-refractivity contribution is 0.591. The molecule has 0 unspecified atom stereocenters. The van der Waals surface area contributed by atoms with Crippen LogP contribution in [-0.2, 0) is 16.0 Å². The van der Waals surface area contributed by atoms with Crippen molar-refractivity contribution in [2.75, 3.05) is 25.1 Å². The predicted molar refractivity (Wildman–Crippen MR) is 81.3 cm³/mol. The van der Waals surface area contributed by atoms with Crippen LogP contribution in [0, 0.1) is 0 Å². The van der Waals surface area contributed by atoms with E-state index in [9.17, 15) is 8.42 Å². The summed E-state index contributed by atoms with van der Waals surface area (Å²) in [6, 6.07) is 0. The van der Waals surface area contributed by atoms with E-state index in [1.165, 1.54) is 18.4 Å². The van der Waals surface area contributed by atoms with Crippen molar-refractivity contribution in [1.29, 1.82) is 0 Å². The average Bonchev–Trinajstić information content (AvgIpc) is 2.92. The van der Waals surface area contributed by atoms with Crippen LogP contribution in [-0.4, -0.2) is 49.6 Å². The fourth-order valence-electron chi connectivity index (χ4n) is 1.34. The number of rotatable bonds is 5. The molecule has 0 atom stereocenters. The summed E-state index contributed by atoms with van der Waals surface area (Å²) < 4.78 is 27.1. The second-order valence-corrected chi connectivity index (χ2v) is 7.21. The van der Waals surface area contributed by atoms with Crippen molar-refractivity contribution >= 4 is 50.1 Å². The molecule has 1 saturated heterocycles. The lowest BCUT2D eigenvalue weighted by Gasteiger charge is -1.97. The number of nitrogens with two attached hydrogens (primary N) is 1. The van der Waals surface area contributed by atoms with Gasteiger partial charge in [-0.2, -0.15) is 20.2 Å². The molecule has 0 saturated carbocycles. The van der Waals surface area contributed by atoms with Gasteiger partial charge in [0.25, 0.3) is 0 Å². The summed E-state index contributed by atoms with van der Waals surface area (Å²) in [5.41, 5.74) is 5.48.